The Hall–Kier alpha value is -1.93. The topological polar surface area (TPSA) is 79.4 Å². The molecule has 0 radical (unpaired) electrons. The van der Waals surface area contributed by atoms with Crippen molar-refractivity contribution in [1.29, 1.82) is 0 Å². The highest BCUT2D eigenvalue weighted by Crippen LogP contribution is 2.30. The van der Waals surface area contributed by atoms with Gasteiger partial charge >= 0.3 is 5.69 Å². The van der Waals surface area contributed by atoms with Gasteiger partial charge < -0.3 is 15.0 Å². The fourth-order valence-electron chi connectivity index (χ4n) is 4.14. The molecule has 8 heteroatoms. The number of aliphatic hydroxyl groups excluding tert-OH is 1. The van der Waals surface area contributed by atoms with Gasteiger partial charge in [-0.3, -0.25) is 4.57 Å². The lowest BCUT2D eigenvalue weighted by Gasteiger charge is -2.49. The van der Waals surface area contributed by atoms with Crippen molar-refractivity contribution in [3.05, 3.63) is 22.9 Å². The molecular weight excluding hydrogens is 308 g/mol. The number of β-amino-alcohol motifs (C(OH)–C–C–N with tert-alkyl or cyclic N) is 1. The van der Waals surface area contributed by atoms with Crippen molar-refractivity contribution in [2.75, 3.05) is 37.8 Å². The largest absolute Gasteiger partial charge is 0.395 e. The van der Waals surface area contributed by atoms with Gasteiger partial charge in [-0.25, -0.2) is 14.8 Å². The summed E-state index contributed by atoms with van der Waals surface area (Å²) in [5.41, 5.74) is 1.18. The number of aromatic nitrogens is 4. The van der Waals surface area contributed by atoms with Crippen LogP contribution in [0.4, 0.5) is 0 Å². The van der Waals surface area contributed by atoms with Crippen LogP contribution in [-0.4, -0.2) is 68.0 Å². The van der Waals surface area contributed by atoms with Crippen LogP contribution in [0.5, 0.6) is 0 Å². The molecule has 2 aliphatic rings. The average Bonchev–Trinajstić information content (AvgIpc) is 2.81. The third-order valence-electron chi connectivity index (χ3n) is 5.44. The third kappa shape index (κ3) is 2.41. The minimum absolute atomic E-state index is 0.0797. The minimum atomic E-state index is -0.0797. The number of aryl methyl sites for hydroxylation is 1. The molecule has 8 nitrogen and oxygen atoms in total. The van der Waals surface area contributed by atoms with E-state index in [9.17, 15) is 9.90 Å². The lowest BCUT2D eigenvalue weighted by molar-refractivity contribution is 0.106. The van der Waals surface area contributed by atoms with Crippen LogP contribution in [0, 0.1) is 5.92 Å². The first-order chi connectivity index (χ1) is 11.7. The molecule has 4 heterocycles. The summed E-state index contributed by atoms with van der Waals surface area (Å²) in [6.07, 6.45) is 6.68. The molecule has 4 rings (SSSR count). The Morgan fingerprint density at radius 3 is 2.71 bits per heavy atom. The van der Waals surface area contributed by atoms with Gasteiger partial charge in [-0.15, -0.1) is 0 Å². The fraction of sp³-hybridized carbons (Fsp3) is 0.688. The summed E-state index contributed by atoms with van der Waals surface area (Å²) in [5, 5.41) is 11.3. The van der Waals surface area contributed by atoms with Crippen molar-refractivity contribution in [2.24, 2.45) is 13.0 Å². The molecule has 2 aromatic heterocycles. The summed E-state index contributed by atoms with van der Waals surface area (Å²) >= 11 is 0. The van der Waals surface area contributed by atoms with Gasteiger partial charge in [-0.2, -0.15) is 4.68 Å². The van der Waals surface area contributed by atoms with E-state index >= 15 is 0 Å². The predicted octanol–water partition coefficient (Wildman–Crippen LogP) is -0.455. The molecule has 2 atom stereocenters. The summed E-state index contributed by atoms with van der Waals surface area (Å²) in [7, 11) is 1.74. The molecule has 1 unspecified atom stereocenters. The molecular formula is C16H24N6O2. The maximum atomic E-state index is 12.7. The van der Waals surface area contributed by atoms with Gasteiger partial charge in [0.05, 0.1) is 12.6 Å². The molecule has 0 saturated carbocycles. The Morgan fingerprint density at radius 2 is 2.00 bits per heavy atom. The lowest BCUT2D eigenvalue weighted by Crippen LogP contribution is -2.62. The average molecular weight is 332 g/mol. The number of hydrogen-bond acceptors (Lipinski definition) is 6. The second-order valence-electron chi connectivity index (χ2n) is 6.80. The van der Waals surface area contributed by atoms with Crippen LogP contribution in [0.25, 0.3) is 11.3 Å². The lowest BCUT2D eigenvalue weighted by atomic mass is 9.84. The normalized spacial score (nSPS) is 25.2. The highest BCUT2D eigenvalue weighted by molar-refractivity contribution is 5.66. The summed E-state index contributed by atoms with van der Waals surface area (Å²) in [6, 6.07) is 0.358. The summed E-state index contributed by atoms with van der Waals surface area (Å²) in [5.74, 6) is 0.526. The van der Waals surface area contributed by atoms with Gasteiger partial charge in [0.1, 0.15) is 0 Å². The molecule has 130 valence electrons. The molecule has 2 fully saturated rings. The van der Waals surface area contributed by atoms with Crippen molar-refractivity contribution in [3.63, 3.8) is 0 Å². The van der Waals surface area contributed by atoms with Gasteiger partial charge in [0, 0.05) is 39.1 Å². The van der Waals surface area contributed by atoms with E-state index in [1.807, 2.05) is 0 Å². The van der Waals surface area contributed by atoms with Gasteiger partial charge in [-0.05, 0) is 31.7 Å². The minimum Gasteiger partial charge on any atom is -0.395 e. The first kappa shape index (κ1) is 15.6. The summed E-state index contributed by atoms with van der Waals surface area (Å²) in [6.45, 7) is 3.87. The smallest absolute Gasteiger partial charge is 0.350 e. The van der Waals surface area contributed by atoms with E-state index in [1.54, 1.807) is 28.7 Å². The van der Waals surface area contributed by atoms with Crippen molar-refractivity contribution < 1.29 is 5.11 Å². The first-order valence-electron chi connectivity index (χ1n) is 8.69. The Kier molecular flexibility index (Phi) is 4.01. The van der Waals surface area contributed by atoms with Gasteiger partial charge in [0.2, 0.25) is 0 Å². The quantitative estimate of drug-likeness (QED) is 0.817. The summed E-state index contributed by atoms with van der Waals surface area (Å²) < 4.78 is 3.28. The van der Waals surface area contributed by atoms with Crippen LogP contribution >= 0.6 is 0 Å². The zero-order valence-electron chi connectivity index (χ0n) is 14.0. The molecule has 0 aromatic carbocycles. The first-order valence-corrected chi connectivity index (χ1v) is 8.69. The molecule has 2 saturated heterocycles. The van der Waals surface area contributed by atoms with E-state index in [-0.39, 0.29) is 12.3 Å². The van der Waals surface area contributed by atoms with Crippen LogP contribution in [0.2, 0.25) is 0 Å². The van der Waals surface area contributed by atoms with Crippen molar-refractivity contribution in [3.8, 4) is 0 Å². The van der Waals surface area contributed by atoms with E-state index in [4.69, 9.17) is 0 Å². The van der Waals surface area contributed by atoms with E-state index in [0.717, 1.165) is 39.0 Å². The zero-order valence-corrected chi connectivity index (χ0v) is 14.0. The Morgan fingerprint density at radius 1 is 1.21 bits per heavy atom. The number of likely N-dealkylation sites (tertiary alicyclic amines) is 1. The second kappa shape index (κ2) is 6.18. The van der Waals surface area contributed by atoms with Crippen molar-refractivity contribution >= 4 is 11.3 Å². The number of aliphatic hydroxyl groups is 1. The number of rotatable bonds is 4. The molecule has 1 N–H and O–H groups in total. The van der Waals surface area contributed by atoms with Crippen LogP contribution < -0.4 is 10.7 Å². The third-order valence-corrected chi connectivity index (χ3v) is 5.44. The Labute approximate surface area is 140 Å². The number of piperidine rings is 1. The monoisotopic (exact) mass is 332 g/mol. The van der Waals surface area contributed by atoms with E-state index in [2.05, 4.69) is 19.9 Å². The highest BCUT2D eigenvalue weighted by Gasteiger charge is 2.39. The number of imidazole rings is 1. The van der Waals surface area contributed by atoms with Gasteiger partial charge in [0.25, 0.3) is 0 Å². The molecule has 0 bridgehead atoms. The van der Waals surface area contributed by atoms with E-state index in [0.29, 0.717) is 23.3 Å². The van der Waals surface area contributed by atoms with E-state index in [1.165, 1.54) is 6.42 Å². The maximum Gasteiger partial charge on any atom is 0.350 e. The Balaban J connectivity index is 1.62. The molecule has 2 aliphatic heterocycles. The SMILES string of the molecule is Cn1c(=O)n(N2CCC2[C@@H]2CCCN(CCO)C2)c2nccnc21. The van der Waals surface area contributed by atoms with Gasteiger partial charge in [0.15, 0.2) is 11.3 Å². The predicted molar refractivity (Wildman–Crippen MR) is 90.5 cm³/mol. The van der Waals surface area contributed by atoms with Crippen LogP contribution in [0.3, 0.4) is 0 Å². The second-order valence-corrected chi connectivity index (χ2v) is 6.80. The molecule has 0 aliphatic carbocycles. The number of nitrogens with zero attached hydrogens (tertiary/aromatic N) is 6. The highest BCUT2D eigenvalue weighted by atomic mass is 16.3. The van der Waals surface area contributed by atoms with Crippen molar-refractivity contribution in [2.45, 2.75) is 25.3 Å². The van der Waals surface area contributed by atoms with E-state index < -0.39 is 0 Å². The van der Waals surface area contributed by atoms with Gasteiger partial charge in [-0.1, -0.05) is 0 Å². The Bertz CT molecular complexity index is 782. The van der Waals surface area contributed by atoms with Crippen LogP contribution in [0.1, 0.15) is 19.3 Å². The molecule has 0 spiro atoms. The van der Waals surface area contributed by atoms with Crippen LogP contribution in [0.15, 0.2) is 17.2 Å². The molecule has 0 amide bonds. The zero-order chi connectivity index (χ0) is 16.7. The molecule has 2 aromatic rings. The summed E-state index contributed by atoms with van der Waals surface area (Å²) in [4.78, 5) is 23.7. The standard InChI is InChI=1S/C16H24N6O2/c1-19-14-15(18-6-5-17-14)22(16(19)24)21-8-4-13(21)12-3-2-7-20(11-12)9-10-23/h5-6,12-13,23H,2-4,7-11H2,1H3/t12-,13?/m1/s1. The number of fused-ring (bicyclic) bond motifs is 1. The molecule has 24 heavy (non-hydrogen) atoms. The van der Waals surface area contributed by atoms with Crippen molar-refractivity contribution in [1.82, 2.24) is 24.1 Å². The van der Waals surface area contributed by atoms with Crippen LogP contribution in [-0.2, 0) is 7.05 Å². The fourth-order valence-corrected chi connectivity index (χ4v) is 4.14. The maximum absolute atomic E-state index is 12.7. The number of hydrogen-bond donors (Lipinski definition) is 1.